The molecule has 2 atom stereocenters. The third-order valence-corrected chi connectivity index (χ3v) is 8.56. The number of morpholine rings is 1. The third kappa shape index (κ3) is 5.96. The Hall–Kier alpha value is -4.37. The lowest BCUT2D eigenvalue weighted by Gasteiger charge is -2.38. The summed E-state index contributed by atoms with van der Waals surface area (Å²) in [5, 5.41) is 2.36. The fourth-order valence-electron chi connectivity index (χ4n) is 5.90. The van der Waals surface area contributed by atoms with E-state index in [4.69, 9.17) is 9.47 Å². The van der Waals surface area contributed by atoms with Crippen molar-refractivity contribution in [3.8, 4) is 11.1 Å². The average Bonchev–Trinajstić information content (AvgIpc) is 3.49. The van der Waals surface area contributed by atoms with Crippen LogP contribution in [-0.4, -0.2) is 58.8 Å². The molecule has 1 amide bonds. The number of ketones is 1. The number of benzene rings is 2. The van der Waals surface area contributed by atoms with Crippen LogP contribution in [0.15, 0.2) is 33.9 Å². The van der Waals surface area contributed by atoms with Crippen molar-refractivity contribution in [2.75, 3.05) is 24.7 Å². The van der Waals surface area contributed by atoms with Crippen molar-refractivity contribution in [3.63, 3.8) is 0 Å². The number of carbonyl (C=O) groups is 2. The molecular weight excluding hydrogens is 619 g/mol. The SMILES string of the molecule is CC(=O)[C@H](Cc1ccc(-c2c(C)n(C)c(=O)n(C)c2=O)c2c1COC2)NC(=O)c1c(F)cc(N2CCOC[C@@H]2C(F)(F)F)cc1F. The zero-order chi connectivity index (χ0) is 33.7. The fraction of sp³-hybridized carbons (Fsp3) is 0.419. The van der Waals surface area contributed by atoms with Gasteiger partial charge in [0.15, 0.2) is 5.78 Å². The van der Waals surface area contributed by atoms with Crippen molar-refractivity contribution in [2.45, 2.75) is 51.7 Å². The van der Waals surface area contributed by atoms with Crippen LogP contribution in [0.2, 0.25) is 0 Å². The van der Waals surface area contributed by atoms with Crippen molar-refractivity contribution in [3.05, 3.63) is 84.7 Å². The number of rotatable bonds is 7. The van der Waals surface area contributed by atoms with Crippen molar-refractivity contribution >= 4 is 17.4 Å². The van der Waals surface area contributed by atoms with E-state index in [2.05, 4.69) is 5.32 Å². The van der Waals surface area contributed by atoms with Crippen LogP contribution in [0, 0.1) is 18.6 Å². The van der Waals surface area contributed by atoms with Gasteiger partial charge in [0.2, 0.25) is 0 Å². The molecule has 46 heavy (non-hydrogen) atoms. The van der Waals surface area contributed by atoms with Gasteiger partial charge >= 0.3 is 11.9 Å². The number of ether oxygens (including phenoxy) is 2. The van der Waals surface area contributed by atoms with E-state index in [0.29, 0.717) is 45.6 Å². The van der Waals surface area contributed by atoms with E-state index in [0.717, 1.165) is 9.47 Å². The highest BCUT2D eigenvalue weighted by atomic mass is 19.4. The molecule has 2 aromatic carbocycles. The first kappa shape index (κ1) is 33.0. The minimum Gasteiger partial charge on any atom is -0.377 e. The highest BCUT2D eigenvalue weighted by Crippen LogP contribution is 2.35. The van der Waals surface area contributed by atoms with Gasteiger partial charge in [0, 0.05) is 38.4 Å². The smallest absolute Gasteiger partial charge is 0.377 e. The molecule has 15 heteroatoms. The number of nitrogens with one attached hydrogen (secondary N) is 1. The Kier molecular flexibility index (Phi) is 8.92. The second kappa shape index (κ2) is 12.4. The van der Waals surface area contributed by atoms with E-state index in [-0.39, 0.29) is 32.8 Å². The number of aromatic nitrogens is 2. The van der Waals surface area contributed by atoms with Crippen molar-refractivity contribution in [1.29, 1.82) is 0 Å². The fourth-order valence-corrected chi connectivity index (χ4v) is 5.90. The lowest BCUT2D eigenvalue weighted by molar-refractivity contribution is -0.167. The van der Waals surface area contributed by atoms with Crippen LogP contribution >= 0.6 is 0 Å². The molecule has 3 heterocycles. The Morgan fingerprint density at radius 2 is 1.67 bits per heavy atom. The van der Waals surface area contributed by atoms with Gasteiger partial charge in [-0.25, -0.2) is 13.6 Å². The number of hydrogen-bond acceptors (Lipinski definition) is 7. The highest BCUT2D eigenvalue weighted by Gasteiger charge is 2.46. The number of halogens is 5. The van der Waals surface area contributed by atoms with Crippen LogP contribution in [0.5, 0.6) is 0 Å². The highest BCUT2D eigenvalue weighted by molar-refractivity contribution is 5.98. The summed E-state index contributed by atoms with van der Waals surface area (Å²) in [6.45, 7) is 2.04. The van der Waals surface area contributed by atoms with E-state index in [1.165, 1.54) is 18.5 Å². The molecule has 0 aliphatic carbocycles. The first-order valence-electron chi connectivity index (χ1n) is 14.3. The minimum absolute atomic E-state index is 0.0837. The number of Topliss-reactive ketones (excluding diaryl/α,β-unsaturated/α-hetero) is 1. The molecule has 2 aliphatic rings. The molecule has 3 aromatic rings. The van der Waals surface area contributed by atoms with Gasteiger partial charge in [0.1, 0.15) is 23.2 Å². The van der Waals surface area contributed by atoms with E-state index in [9.17, 15) is 32.3 Å². The quantitative estimate of drug-likeness (QED) is 0.392. The number of amides is 1. The maximum atomic E-state index is 15.2. The number of alkyl halides is 3. The molecule has 0 saturated carbocycles. The number of anilines is 1. The summed E-state index contributed by atoms with van der Waals surface area (Å²) in [5.74, 6) is -4.57. The van der Waals surface area contributed by atoms with Gasteiger partial charge in [-0.15, -0.1) is 0 Å². The normalized spacial score (nSPS) is 17.2. The lowest BCUT2D eigenvalue weighted by atomic mass is 9.90. The molecule has 0 bridgehead atoms. The Labute approximate surface area is 259 Å². The van der Waals surface area contributed by atoms with E-state index in [1.54, 1.807) is 26.1 Å². The van der Waals surface area contributed by atoms with Crippen LogP contribution in [-0.2, 0) is 48.0 Å². The molecule has 246 valence electrons. The second-order valence-corrected chi connectivity index (χ2v) is 11.3. The monoisotopic (exact) mass is 650 g/mol. The molecule has 0 spiro atoms. The minimum atomic E-state index is -4.73. The van der Waals surface area contributed by atoms with E-state index < -0.39 is 70.7 Å². The molecule has 1 saturated heterocycles. The molecule has 10 nitrogen and oxygen atoms in total. The molecule has 0 unspecified atom stereocenters. The largest absolute Gasteiger partial charge is 0.411 e. The number of fused-ring (bicyclic) bond motifs is 1. The standard InChI is InChI=1S/C31H31F5N4O6/c1-15-26(29(43)39(4)30(44)38(15)3)19-6-5-17(20-12-46-13-21(19)20)9-24(16(2)41)37-28(42)27-22(32)10-18(11-23(27)33)40-7-8-45-14-25(40)31(34,35)36/h5-6,10-11,24-25H,7-9,12-14H2,1-4H3,(H,37,42)/t24-,25+/m0/s1. The van der Waals surface area contributed by atoms with Crippen LogP contribution in [0.3, 0.4) is 0 Å². The number of carbonyl (C=O) groups excluding carboxylic acids is 2. The van der Waals surface area contributed by atoms with Crippen molar-refractivity contribution in [1.82, 2.24) is 14.5 Å². The Balaban J connectivity index is 1.43. The van der Waals surface area contributed by atoms with Gasteiger partial charge in [0.05, 0.1) is 38.0 Å². The summed E-state index contributed by atoms with van der Waals surface area (Å²) in [6.07, 6.45) is -4.81. The lowest BCUT2D eigenvalue weighted by Crippen LogP contribution is -2.53. The molecule has 1 fully saturated rings. The van der Waals surface area contributed by atoms with Crippen LogP contribution in [0.4, 0.5) is 27.6 Å². The summed E-state index contributed by atoms with van der Waals surface area (Å²) >= 11 is 0. The predicted octanol–water partition coefficient (Wildman–Crippen LogP) is 3.07. The summed E-state index contributed by atoms with van der Waals surface area (Å²) in [7, 11) is 2.92. The van der Waals surface area contributed by atoms with Crippen LogP contribution in [0.25, 0.3) is 11.1 Å². The van der Waals surface area contributed by atoms with Crippen molar-refractivity contribution in [2.24, 2.45) is 14.1 Å². The molecule has 2 aliphatic heterocycles. The first-order chi connectivity index (χ1) is 21.6. The summed E-state index contributed by atoms with van der Waals surface area (Å²) in [5.41, 5.74) is 0.792. The van der Waals surface area contributed by atoms with Gasteiger partial charge in [-0.1, -0.05) is 12.1 Å². The van der Waals surface area contributed by atoms with Gasteiger partial charge in [0.25, 0.3) is 11.5 Å². The summed E-state index contributed by atoms with van der Waals surface area (Å²) in [6, 6.07) is 1.26. The maximum absolute atomic E-state index is 15.2. The topological polar surface area (TPSA) is 112 Å². The molecular formula is C31H31F5N4O6. The van der Waals surface area contributed by atoms with Gasteiger partial charge in [-0.05, 0) is 48.2 Å². The number of hydrogen-bond donors (Lipinski definition) is 1. The molecule has 1 N–H and O–H groups in total. The molecule has 0 radical (unpaired) electrons. The zero-order valence-corrected chi connectivity index (χ0v) is 25.4. The summed E-state index contributed by atoms with van der Waals surface area (Å²) < 4.78 is 83.8. The van der Waals surface area contributed by atoms with Gasteiger partial charge in [-0.2, -0.15) is 13.2 Å². The Morgan fingerprint density at radius 3 is 2.30 bits per heavy atom. The number of nitrogens with zero attached hydrogens (tertiary/aromatic N) is 3. The maximum Gasteiger partial charge on any atom is 0.411 e. The van der Waals surface area contributed by atoms with Gasteiger partial charge < -0.3 is 24.3 Å². The Bertz CT molecular complexity index is 1830. The van der Waals surface area contributed by atoms with E-state index >= 15 is 8.78 Å². The van der Waals surface area contributed by atoms with Crippen LogP contribution < -0.4 is 21.5 Å². The first-order valence-corrected chi connectivity index (χ1v) is 14.3. The molecule has 5 rings (SSSR count). The van der Waals surface area contributed by atoms with Gasteiger partial charge in [-0.3, -0.25) is 19.0 Å². The third-order valence-electron chi connectivity index (χ3n) is 8.56. The predicted molar refractivity (Wildman–Crippen MR) is 156 cm³/mol. The van der Waals surface area contributed by atoms with E-state index in [1.807, 2.05) is 0 Å². The Morgan fingerprint density at radius 1 is 1.02 bits per heavy atom. The van der Waals surface area contributed by atoms with Crippen LogP contribution in [0.1, 0.15) is 39.7 Å². The second-order valence-electron chi connectivity index (χ2n) is 11.3. The molecule has 1 aromatic heterocycles. The van der Waals surface area contributed by atoms with Crippen molar-refractivity contribution < 1.29 is 41.0 Å². The zero-order valence-electron chi connectivity index (χ0n) is 25.4. The average molecular weight is 651 g/mol. The summed E-state index contributed by atoms with van der Waals surface area (Å²) in [4.78, 5) is 52.0.